The van der Waals surface area contributed by atoms with E-state index in [1.807, 2.05) is 36.9 Å². The van der Waals surface area contributed by atoms with Gasteiger partial charge in [-0.1, -0.05) is 6.07 Å². The number of nitrogens with zero attached hydrogens (tertiary/aromatic N) is 2. The predicted molar refractivity (Wildman–Crippen MR) is 141 cm³/mol. The zero-order valence-electron chi connectivity index (χ0n) is 20.8. The highest BCUT2D eigenvalue weighted by Gasteiger charge is 2.24. The molecule has 8 nitrogen and oxygen atoms in total. The monoisotopic (exact) mass is 500 g/mol. The van der Waals surface area contributed by atoms with Crippen LogP contribution in [0, 0.1) is 5.82 Å². The summed E-state index contributed by atoms with van der Waals surface area (Å²) < 4.78 is 27.9. The van der Waals surface area contributed by atoms with Crippen LogP contribution >= 0.6 is 0 Å². The van der Waals surface area contributed by atoms with Crippen molar-refractivity contribution in [3.05, 3.63) is 65.7 Å². The highest BCUT2D eigenvalue weighted by Crippen LogP contribution is 2.41. The lowest BCUT2D eigenvalue weighted by molar-refractivity contribution is 0.0981. The first kappa shape index (κ1) is 24.2. The lowest BCUT2D eigenvalue weighted by atomic mass is 10.0. The minimum atomic E-state index is -0.324. The highest BCUT2D eigenvalue weighted by molar-refractivity contribution is 6.09. The number of ketones is 1. The maximum atomic E-state index is 14.4. The fraction of sp³-hybridized carbons (Fsp3) is 0.179. The Morgan fingerprint density at radius 1 is 1.11 bits per heavy atom. The van der Waals surface area contributed by atoms with Crippen molar-refractivity contribution >= 4 is 39.6 Å². The van der Waals surface area contributed by atoms with Crippen molar-refractivity contribution in [3.63, 3.8) is 0 Å². The van der Waals surface area contributed by atoms with E-state index >= 15 is 0 Å². The van der Waals surface area contributed by atoms with Crippen molar-refractivity contribution in [1.82, 2.24) is 14.9 Å². The van der Waals surface area contributed by atoms with Crippen LogP contribution in [-0.4, -0.2) is 42.8 Å². The second kappa shape index (κ2) is 9.51. The molecule has 0 unspecified atom stereocenters. The summed E-state index contributed by atoms with van der Waals surface area (Å²) in [5.74, 6) is 0.00229. The second-order valence-corrected chi connectivity index (χ2v) is 8.61. The van der Waals surface area contributed by atoms with Crippen LogP contribution in [0.1, 0.15) is 27.8 Å². The van der Waals surface area contributed by atoms with Gasteiger partial charge in [0.05, 0.1) is 22.5 Å². The molecule has 2 N–H and O–H groups in total. The zero-order valence-corrected chi connectivity index (χ0v) is 20.8. The number of aromatic nitrogens is 2. The number of hydrogen-bond donors (Lipinski definition) is 2. The maximum absolute atomic E-state index is 14.4. The Kier molecular flexibility index (Phi) is 6.22. The molecule has 37 heavy (non-hydrogen) atoms. The molecule has 0 atom stereocenters. The van der Waals surface area contributed by atoms with E-state index in [0.717, 1.165) is 16.8 Å². The summed E-state index contributed by atoms with van der Waals surface area (Å²) in [4.78, 5) is 28.6. The van der Waals surface area contributed by atoms with Gasteiger partial charge in [-0.25, -0.2) is 9.37 Å². The average molecular weight is 501 g/mol. The Hall–Kier alpha value is -4.50. The smallest absolute Gasteiger partial charge is 0.195 e. The van der Waals surface area contributed by atoms with E-state index in [0.29, 0.717) is 45.5 Å². The van der Waals surface area contributed by atoms with Gasteiger partial charge in [0, 0.05) is 42.1 Å². The van der Waals surface area contributed by atoms with E-state index in [1.54, 1.807) is 31.3 Å². The molecular weight excluding hydrogens is 475 g/mol. The fourth-order valence-corrected chi connectivity index (χ4v) is 4.57. The van der Waals surface area contributed by atoms with Gasteiger partial charge in [0.1, 0.15) is 22.8 Å². The van der Waals surface area contributed by atoms with Gasteiger partial charge in [0.2, 0.25) is 0 Å². The topological polar surface area (TPSA) is 98.4 Å². The van der Waals surface area contributed by atoms with Crippen LogP contribution in [0.15, 0.2) is 52.9 Å². The number of carbonyl (C=O) groups excluding carboxylic acids is 2. The zero-order chi connectivity index (χ0) is 26.3. The Balaban J connectivity index is 0.000000892. The van der Waals surface area contributed by atoms with Gasteiger partial charge in [-0.15, -0.1) is 0 Å². The van der Waals surface area contributed by atoms with Crippen LogP contribution in [0.2, 0.25) is 0 Å². The SMILES string of the molecule is CNC.CNc1cc2oc(C(C)=O)c(C=O)c2cc1-c1ccc2c(n1)-c1cc3c(F)cccc3n1CO2. The third kappa shape index (κ3) is 3.93. The molecule has 4 heterocycles. The van der Waals surface area contributed by atoms with E-state index in [2.05, 4.69) is 10.6 Å². The molecule has 0 fully saturated rings. The van der Waals surface area contributed by atoms with Gasteiger partial charge in [0.15, 0.2) is 24.6 Å². The van der Waals surface area contributed by atoms with Gasteiger partial charge >= 0.3 is 0 Å². The number of benzene rings is 2. The third-order valence-corrected chi connectivity index (χ3v) is 6.19. The summed E-state index contributed by atoms with van der Waals surface area (Å²) in [6, 6.07) is 13.9. The number of carbonyl (C=O) groups is 2. The predicted octanol–water partition coefficient (Wildman–Crippen LogP) is 5.50. The van der Waals surface area contributed by atoms with Crippen LogP contribution in [0.3, 0.4) is 0 Å². The van der Waals surface area contributed by atoms with Crippen molar-refractivity contribution in [3.8, 4) is 28.4 Å². The normalized spacial score (nSPS) is 11.8. The van der Waals surface area contributed by atoms with Gasteiger partial charge in [-0.3, -0.25) is 9.59 Å². The first-order valence-corrected chi connectivity index (χ1v) is 11.7. The Bertz CT molecular complexity index is 1690. The van der Waals surface area contributed by atoms with Crippen molar-refractivity contribution in [2.45, 2.75) is 13.7 Å². The summed E-state index contributed by atoms with van der Waals surface area (Å²) >= 11 is 0. The molecule has 6 rings (SSSR count). The number of pyridine rings is 1. The number of hydrogen-bond acceptors (Lipinski definition) is 7. The Morgan fingerprint density at radius 3 is 2.59 bits per heavy atom. The van der Waals surface area contributed by atoms with E-state index < -0.39 is 0 Å². The minimum absolute atomic E-state index is 0.0301. The van der Waals surface area contributed by atoms with Crippen molar-refractivity contribution in [2.24, 2.45) is 0 Å². The van der Waals surface area contributed by atoms with Gasteiger partial charge in [0.25, 0.3) is 0 Å². The lowest BCUT2D eigenvalue weighted by Gasteiger charge is -2.21. The Labute approximate surface area is 212 Å². The fourth-order valence-electron chi connectivity index (χ4n) is 4.57. The quantitative estimate of drug-likeness (QED) is 0.248. The second-order valence-electron chi connectivity index (χ2n) is 8.61. The van der Waals surface area contributed by atoms with Gasteiger partial charge < -0.3 is 24.4 Å². The number of halogens is 1. The molecule has 9 heteroatoms. The molecule has 2 aromatic carbocycles. The average Bonchev–Trinajstić information content (AvgIpc) is 3.47. The number of Topliss-reactive ketones (excluding diaryl/α,β-unsaturated/α-hetero) is 1. The number of rotatable bonds is 4. The van der Waals surface area contributed by atoms with Crippen molar-refractivity contribution in [2.75, 3.05) is 26.5 Å². The minimum Gasteiger partial charge on any atom is -0.470 e. The number of furan rings is 1. The van der Waals surface area contributed by atoms with Crippen molar-refractivity contribution < 1.29 is 23.1 Å². The Morgan fingerprint density at radius 2 is 1.89 bits per heavy atom. The summed E-state index contributed by atoms with van der Waals surface area (Å²) in [5, 5.41) is 6.91. The molecular formula is C28H25FN4O4. The van der Waals surface area contributed by atoms with Crippen molar-refractivity contribution in [1.29, 1.82) is 0 Å². The highest BCUT2D eigenvalue weighted by atomic mass is 19.1. The molecule has 0 saturated heterocycles. The van der Waals surface area contributed by atoms with Gasteiger partial charge in [-0.2, -0.15) is 0 Å². The molecule has 0 radical (unpaired) electrons. The molecule has 3 aromatic heterocycles. The number of anilines is 1. The standard InChI is InChI=1S/C26H18FN3O4.C2H7N/c1-13(32)26-17(11-31)14-8-16(20(28-2)10-24(14)34-26)19-6-7-23-25(29-19)22-9-15-18(27)4-3-5-21(15)30(22)12-33-23;1-3-2/h3-11,28H,12H2,1-2H3;3H,1-2H3. The molecule has 0 aliphatic carbocycles. The molecule has 0 amide bonds. The van der Waals surface area contributed by atoms with Gasteiger partial charge in [-0.05, 0) is 50.5 Å². The molecule has 0 saturated carbocycles. The summed E-state index contributed by atoms with van der Waals surface area (Å²) in [7, 11) is 5.52. The summed E-state index contributed by atoms with van der Waals surface area (Å²) in [6.07, 6.45) is 0.631. The number of fused-ring (bicyclic) bond motifs is 6. The van der Waals surface area contributed by atoms with E-state index in [4.69, 9.17) is 14.1 Å². The molecule has 0 bridgehead atoms. The summed E-state index contributed by atoms with van der Waals surface area (Å²) in [5.41, 5.74) is 4.77. The van der Waals surface area contributed by atoms with Crippen LogP contribution in [-0.2, 0) is 6.73 Å². The lowest BCUT2D eigenvalue weighted by Crippen LogP contribution is -2.13. The van der Waals surface area contributed by atoms with Crippen LogP contribution in [0.4, 0.5) is 10.1 Å². The van der Waals surface area contributed by atoms with Crippen LogP contribution in [0.25, 0.3) is 44.5 Å². The molecule has 188 valence electrons. The largest absolute Gasteiger partial charge is 0.470 e. The first-order chi connectivity index (χ1) is 17.9. The number of ether oxygens (including phenoxy) is 1. The molecule has 1 aliphatic heterocycles. The van der Waals surface area contributed by atoms with Crippen LogP contribution in [0.5, 0.6) is 5.75 Å². The molecule has 0 spiro atoms. The molecule has 1 aliphatic rings. The maximum Gasteiger partial charge on any atom is 0.195 e. The number of nitrogens with one attached hydrogen (secondary N) is 2. The summed E-state index contributed by atoms with van der Waals surface area (Å²) in [6.45, 7) is 1.62. The van der Waals surface area contributed by atoms with E-state index in [-0.39, 0.29) is 29.7 Å². The third-order valence-electron chi connectivity index (χ3n) is 6.19. The molecule has 5 aromatic rings. The van der Waals surface area contributed by atoms with E-state index in [9.17, 15) is 14.0 Å². The first-order valence-electron chi connectivity index (χ1n) is 11.7. The number of aldehydes is 1. The van der Waals surface area contributed by atoms with Crippen LogP contribution < -0.4 is 15.4 Å². The van der Waals surface area contributed by atoms with E-state index in [1.165, 1.54) is 13.0 Å².